The van der Waals surface area contributed by atoms with Gasteiger partial charge in [-0.05, 0) is 31.2 Å². The third kappa shape index (κ3) is 4.14. The summed E-state index contributed by atoms with van der Waals surface area (Å²) in [6.07, 6.45) is 0. The molecule has 0 bridgehead atoms. The molecule has 0 saturated carbocycles. The van der Waals surface area contributed by atoms with Crippen molar-refractivity contribution >= 4 is 34.6 Å². The van der Waals surface area contributed by atoms with Gasteiger partial charge in [0, 0.05) is 44.4 Å². The molecule has 1 fully saturated rings. The monoisotopic (exact) mass is 388 g/mol. The topological polar surface area (TPSA) is 78.7 Å². The SMILES string of the molecule is CCNc1ccc(C(=O)N2CCN(c3ccccc3Cl)CC2)cc1[N+](=O)[O-]. The van der Waals surface area contributed by atoms with Crippen LogP contribution in [0.25, 0.3) is 0 Å². The zero-order valence-corrected chi connectivity index (χ0v) is 15.8. The van der Waals surface area contributed by atoms with E-state index >= 15 is 0 Å². The Balaban J connectivity index is 1.71. The second-order valence-electron chi connectivity index (χ2n) is 6.25. The number of para-hydroxylation sites is 1. The van der Waals surface area contributed by atoms with Gasteiger partial charge in [-0.3, -0.25) is 14.9 Å². The molecule has 3 rings (SSSR count). The summed E-state index contributed by atoms with van der Waals surface area (Å²) in [5, 5.41) is 14.9. The first-order chi connectivity index (χ1) is 13.0. The summed E-state index contributed by atoms with van der Waals surface area (Å²) >= 11 is 6.25. The van der Waals surface area contributed by atoms with E-state index in [0.29, 0.717) is 49.0 Å². The Bertz CT molecular complexity index is 851. The van der Waals surface area contributed by atoms with Gasteiger partial charge in [-0.15, -0.1) is 0 Å². The number of carbonyl (C=O) groups excluding carboxylic acids is 1. The fraction of sp³-hybridized carbons (Fsp3) is 0.316. The van der Waals surface area contributed by atoms with E-state index in [1.54, 1.807) is 17.0 Å². The van der Waals surface area contributed by atoms with Crippen molar-refractivity contribution in [2.45, 2.75) is 6.92 Å². The Morgan fingerprint density at radius 2 is 1.89 bits per heavy atom. The molecule has 27 heavy (non-hydrogen) atoms. The van der Waals surface area contributed by atoms with Crippen molar-refractivity contribution in [3.8, 4) is 0 Å². The first-order valence-electron chi connectivity index (χ1n) is 8.82. The summed E-state index contributed by atoms with van der Waals surface area (Å²) in [6.45, 7) is 4.82. The molecule has 1 aliphatic rings. The smallest absolute Gasteiger partial charge is 0.293 e. The molecular weight excluding hydrogens is 368 g/mol. The highest BCUT2D eigenvalue weighted by Crippen LogP contribution is 2.28. The number of nitrogens with zero attached hydrogens (tertiary/aromatic N) is 3. The van der Waals surface area contributed by atoms with Crippen LogP contribution in [0.4, 0.5) is 17.1 Å². The summed E-state index contributed by atoms with van der Waals surface area (Å²) in [5.74, 6) is -0.194. The largest absolute Gasteiger partial charge is 0.380 e. The number of nitro groups is 1. The van der Waals surface area contributed by atoms with E-state index in [1.807, 2.05) is 31.2 Å². The molecule has 1 amide bonds. The fourth-order valence-corrected chi connectivity index (χ4v) is 3.45. The first kappa shape index (κ1) is 19.0. The second-order valence-corrected chi connectivity index (χ2v) is 6.66. The van der Waals surface area contributed by atoms with Gasteiger partial charge in [0.15, 0.2) is 0 Å². The molecule has 1 saturated heterocycles. The fourth-order valence-electron chi connectivity index (χ4n) is 3.20. The van der Waals surface area contributed by atoms with Gasteiger partial charge in [0.2, 0.25) is 0 Å². The molecule has 8 heteroatoms. The molecule has 2 aromatic carbocycles. The quantitative estimate of drug-likeness (QED) is 0.624. The number of amides is 1. The van der Waals surface area contributed by atoms with Crippen LogP contribution >= 0.6 is 11.6 Å². The number of hydrogen-bond acceptors (Lipinski definition) is 5. The summed E-state index contributed by atoms with van der Waals surface area (Å²) in [7, 11) is 0. The number of piperazine rings is 1. The molecule has 0 spiro atoms. The van der Waals surface area contributed by atoms with Gasteiger partial charge in [0.05, 0.1) is 15.6 Å². The van der Waals surface area contributed by atoms with Crippen LogP contribution in [0.15, 0.2) is 42.5 Å². The Morgan fingerprint density at radius 3 is 2.52 bits per heavy atom. The summed E-state index contributed by atoms with van der Waals surface area (Å²) in [6, 6.07) is 12.2. The van der Waals surface area contributed by atoms with Crippen molar-refractivity contribution < 1.29 is 9.72 Å². The lowest BCUT2D eigenvalue weighted by Gasteiger charge is -2.36. The van der Waals surface area contributed by atoms with E-state index in [2.05, 4.69) is 10.2 Å². The lowest BCUT2D eigenvalue weighted by Crippen LogP contribution is -2.48. The number of hydrogen-bond donors (Lipinski definition) is 1. The molecule has 0 atom stereocenters. The third-order valence-electron chi connectivity index (χ3n) is 4.57. The maximum Gasteiger partial charge on any atom is 0.293 e. The van der Waals surface area contributed by atoms with Gasteiger partial charge in [0.1, 0.15) is 5.69 Å². The van der Waals surface area contributed by atoms with Crippen LogP contribution in [0.2, 0.25) is 5.02 Å². The zero-order valence-electron chi connectivity index (χ0n) is 15.0. The number of halogens is 1. The predicted molar refractivity (Wildman–Crippen MR) is 107 cm³/mol. The Labute approximate surface area is 162 Å². The van der Waals surface area contributed by atoms with Crippen LogP contribution in [-0.2, 0) is 0 Å². The van der Waals surface area contributed by atoms with E-state index in [0.717, 1.165) is 5.69 Å². The van der Waals surface area contributed by atoms with Crippen molar-refractivity contribution in [1.29, 1.82) is 0 Å². The van der Waals surface area contributed by atoms with E-state index in [4.69, 9.17) is 11.6 Å². The number of anilines is 2. The van der Waals surface area contributed by atoms with Crippen LogP contribution in [0.3, 0.4) is 0 Å². The molecule has 1 heterocycles. The van der Waals surface area contributed by atoms with Gasteiger partial charge in [0.25, 0.3) is 11.6 Å². The summed E-state index contributed by atoms with van der Waals surface area (Å²) in [4.78, 5) is 27.5. The van der Waals surface area contributed by atoms with E-state index in [1.165, 1.54) is 6.07 Å². The second kappa shape index (κ2) is 8.26. The summed E-state index contributed by atoms with van der Waals surface area (Å²) in [5.41, 5.74) is 1.62. The van der Waals surface area contributed by atoms with Gasteiger partial charge in [-0.1, -0.05) is 23.7 Å². The van der Waals surface area contributed by atoms with Crippen LogP contribution in [0.1, 0.15) is 17.3 Å². The highest BCUT2D eigenvalue weighted by Gasteiger charge is 2.25. The Hall–Kier alpha value is -2.80. The van der Waals surface area contributed by atoms with Gasteiger partial charge < -0.3 is 15.1 Å². The molecule has 7 nitrogen and oxygen atoms in total. The maximum atomic E-state index is 12.8. The molecule has 142 valence electrons. The summed E-state index contributed by atoms with van der Waals surface area (Å²) < 4.78 is 0. The Morgan fingerprint density at radius 1 is 1.19 bits per heavy atom. The van der Waals surface area contributed by atoms with Crippen molar-refractivity contribution in [3.05, 3.63) is 63.2 Å². The number of carbonyl (C=O) groups is 1. The minimum absolute atomic E-state index is 0.0857. The number of benzene rings is 2. The van der Waals surface area contributed by atoms with Crippen LogP contribution in [0, 0.1) is 10.1 Å². The number of rotatable bonds is 5. The lowest BCUT2D eigenvalue weighted by molar-refractivity contribution is -0.384. The van der Waals surface area contributed by atoms with Gasteiger partial charge in [-0.25, -0.2) is 0 Å². The standard InChI is InChI=1S/C19H21ClN4O3/c1-2-21-16-8-7-14(13-18(16)24(26)27)19(25)23-11-9-22(10-12-23)17-6-4-3-5-15(17)20/h3-8,13,21H,2,9-12H2,1H3. The van der Waals surface area contributed by atoms with Crippen LogP contribution in [0.5, 0.6) is 0 Å². The highest BCUT2D eigenvalue weighted by molar-refractivity contribution is 6.33. The lowest BCUT2D eigenvalue weighted by atomic mass is 10.1. The van der Waals surface area contributed by atoms with Crippen molar-refractivity contribution in [2.24, 2.45) is 0 Å². The van der Waals surface area contributed by atoms with Gasteiger partial charge >= 0.3 is 0 Å². The van der Waals surface area contributed by atoms with Crippen molar-refractivity contribution in [3.63, 3.8) is 0 Å². The van der Waals surface area contributed by atoms with Crippen molar-refractivity contribution in [1.82, 2.24) is 4.90 Å². The van der Waals surface area contributed by atoms with E-state index in [-0.39, 0.29) is 11.6 Å². The minimum Gasteiger partial charge on any atom is -0.380 e. The third-order valence-corrected chi connectivity index (χ3v) is 4.89. The first-order valence-corrected chi connectivity index (χ1v) is 9.20. The number of nitrogens with one attached hydrogen (secondary N) is 1. The molecule has 2 aromatic rings. The average Bonchev–Trinajstić information content (AvgIpc) is 2.68. The average molecular weight is 389 g/mol. The normalized spacial score (nSPS) is 14.1. The minimum atomic E-state index is -0.468. The van der Waals surface area contributed by atoms with Crippen LogP contribution < -0.4 is 10.2 Å². The molecule has 0 radical (unpaired) electrons. The molecule has 1 N–H and O–H groups in total. The zero-order chi connectivity index (χ0) is 19.4. The number of nitro benzene ring substituents is 1. The Kier molecular flexibility index (Phi) is 5.81. The molecule has 0 aromatic heterocycles. The molecule has 0 unspecified atom stereocenters. The molecular formula is C19H21ClN4O3. The van der Waals surface area contributed by atoms with Crippen LogP contribution in [-0.4, -0.2) is 48.5 Å². The molecule has 0 aliphatic carbocycles. The maximum absolute atomic E-state index is 12.8. The van der Waals surface area contributed by atoms with Crippen molar-refractivity contribution in [2.75, 3.05) is 42.9 Å². The van der Waals surface area contributed by atoms with E-state index < -0.39 is 4.92 Å². The highest BCUT2D eigenvalue weighted by atomic mass is 35.5. The predicted octanol–water partition coefficient (Wildman–Crippen LogP) is 3.64. The van der Waals surface area contributed by atoms with E-state index in [9.17, 15) is 14.9 Å². The molecule has 1 aliphatic heterocycles. The van der Waals surface area contributed by atoms with Gasteiger partial charge in [-0.2, -0.15) is 0 Å².